The third kappa shape index (κ3) is 8.26. The lowest BCUT2D eigenvalue weighted by molar-refractivity contribution is -0.115. The van der Waals surface area contributed by atoms with Crippen molar-refractivity contribution in [2.45, 2.75) is 117 Å². The van der Waals surface area contributed by atoms with Gasteiger partial charge in [0, 0.05) is 62.2 Å². The number of rotatable bonds is 14. The number of carbonyl (C=O) groups is 2. The molecular weight excluding hydrogens is 703 g/mol. The lowest BCUT2D eigenvalue weighted by Gasteiger charge is -2.55. The largest absolute Gasteiger partial charge is 0.376 e. The van der Waals surface area contributed by atoms with Gasteiger partial charge in [0.15, 0.2) is 11.6 Å². The Bertz CT molecular complexity index is 2030. The summed E-state index contributed by atoms with van der Waals surface area (Å²) in [6, 6.07) is 13.7. The van der Waals surface area contributed by atoms with E-state index in [1.807, 2.05) is 20.0 Å². The first-order chi connectivity index (χ1) is 27.6. The second-order valence-electron chi connectivity index (χ2n) is 19.3. The molecule has 0 spiro atoms. The summed E-state index contributed by atoms with van der Waals surface area (Å²) in [5.74, 6) is 5.79. The molecule has 7 heteroatoms. The van der Waals surface area contributed by atoms with E-state index in [0.717, 1.165) is 126 Å². The van der Waals surface area contributed by atoms with Crippen molar-refractivity contribution in [3.63, 3.8) is 0 Å². The first-order valence-electron chi connectivity index (χ1n) is 22.6. The summed E-state index contributed by atoms with van der Waals surface area (Å²) in [6.07, 6.45) is 18.8. The van der Waals surface area contributed by atoms with Gasteiger partial charge in [-0.15, -0.1) is 0 Å². The summed E-state index contributed by atoms with van der Waals surface area (Å²) < 4.78 is 2.18. The van der Waals surface area contributed by atoms with Crippen molar-refractivity contribution in [2.75, 3.05) is 32.8 Å². The second-order valence-corrected chi connectivity index (χ2v) is 19.3. The molecule has 0 amide bonds. The predicted octanol–water partition coefficient (Wildman–Crippen LogP) is 10.3. The molecule has 1 aliphatic heterocycles. The summed E-state index contributed by atoms with van der Waals surface area (Å²) in [6.45, 7) is 17.0. The van der Waals surface area contributed by atoms with Crippen LogP contribution in [0.25, 0.3) is 22.0 Å². The summed E-state index contributed by atoms with van der Waals surface area (Å²) in [4.78, 5) is 32.0. The predicted molar refractivity (Wildman–Crippen MR) is 231 cm³/mol. The van der Waals surface area contributed by atoms with Crippen LogP contribution in [-0.2, 0) is 11.3 Å². The Morgan fingerprint density at radius 2 is 1.60 bits per heavy atom. The summed E-state index contributed by atoms with van der Waals surface area (Å²) in [7, 11) is 0. The molecule has 3 aromatic rings. The van der Waals surface area contributed by atoms with E-state index in [-0.39, 0.29) is 11.6 Å². The molecule has 0 radical (unpaired) electrons. The lowest BCUT2D eigenvalue weighted by atomic mass is 9.51. The van der Waals surface area contributed by atoms with Crippen LogP contribution in [0.5, 0.6) is 0 Å². The fourth-order valence-electron chi connectivity index (χ4n) is 12.3. The standard InChI is InChI=1S/C50H65N5O2/c1-32-19-34(3)44(50(57)20-32)13-14-49(56)46-27-40(28-48-47(46)29-52-55(48)43-7-5-6-8-43)39-11-9-36(10-12-39)30-53-15-17-54(18-16-53)31-51-35(4)33(2)21-45-41-23-37-22-38(25-41)26-42(45)24-37/h9-12,19,27-29,33,37-38,41-43,45,51H,4-8,13-18,20-26,30-31H2,1-3H3. The minimum absolute atomic E-state index is 0.0783. The zero-order valence-electron chi connectivity index (χ0n) is 34.9. The Labute approximate surface area is 341 Å². The molecule has 6 fully saturated rings. The molecule has 1 N–H and O–H groups in total. The average molecular weight is 768 g/mol. The molecule has 1 saturated heterocycles. The number of piperazine rings is 1. The maximum absolute atomic E-state index is 14.0. The van der Waals surface area contributed by atoms with E-state index >= 15 is 0 Å². The quantitative estimate of drug-likeness (QED) is 0.165. The number of ketones is 2. The van der Waals surface area contributed by atoms with E-state index in [0.29, 0.717) is 31.2 Å². The Kier molecular flexibility index (Phi) is 11.2. The van der Waals surface area contributed by atoms with Crippen LogP contribution in [0, 0.1) is 35.5 Å². The molecule has 1 unspecified atom stereocenters. The fourth-order valence-corrected chi connectivity index (χ4v) is 12.3. The number of Topliss-reactive ketones (excluding diaryl/α,β-unsaturated/α-hetero) is 2. The summed E-state index contributed by atoms with van der Waals surface area (Å²) in [5.41, 5.74) is 9.37. The number of hydrogen-bond donors (Lipinski definition) is 1. The molecule has 57 heavy (non-hydrogen) atoms. The topological polar surface area (TPSA) is 70.5 Å². The minimum Gasteiger partial charge on any atom is -0.376 e. The molecule has 10 rings (SSSR count). The highest BCUT2D eigenvalue weighted by Crippen LogP contribution is 2.58. The maximum atomic E-state index is 14.0. The van der Waals surface area contributed by atoms with Gasteiger partial charge in [0.25, 0.3) is 0 Å². The van der Waals surface area contributed by atoms with Crippen molar-refractivity contribution in [1.29, 1.82) is 0 Å². The van der Waals surface area contributed by atoms with Crippen molar-refractivity contribution in [3.05, 3.63) is 88.8 Å². The highest BCUT2D eigenvalue weighted by Gasteiger charge is 2.48. The van der Waals surface area contributed by atoms with E-state index in [9.17, 15) is 9.59 Å². The van der Waals surface area contributed by atoms with Crippen molar-refractivity contribution in [3.8, 4) is 11.1 Å². The van der Waals surface area contributed by atoms with Gasteiger partial charge in [-0.3, -0.25) is 24.1 Å². The van der Waals surface area contributed by atoms with Gasteiger partial charge in [-0.25, -0.2) is 0 Å². The van der Waals surface area contributed by atoms with Crippen LogP contribution < -0.4 is 5.32 Å². The molecule has 7 aliphatic rings. The van der Waals surface area contributed by atoms with Crippen LogP contribution in [0.15, 0.2) is 77.7 Å². The van der Waals surface area contributed by atoms with Crippen molar-refractivity contribution >= 4 is 22.5 Å². The normalized spacial score (nSPS) is 27.4. The third-order valence-electron chi connectivity index (χ3n) is 15.3. The van der Waals surface area contributed by atoms with Gasteiger partial charge in [0.1, 0.15) is 0 Å². The first-order valence-corrected chi connectivity index (χ1v) is 22.6. The summed E-state index contributed by atoms with van der Waals surface area (Å²) >= 11 is 0. The van der Waals surface area contributed by atoms with Crippen molar-refractivity contribution < 1.29 is 9.59 Å². The van der Waals surface area contributed by atoms with E-state index in [2.05, 4.69) is 75.8 Å². The highest BCUT2D eigenvalue weighted by molar-refractivity contribution is 6.09. The Morgan fingerprint density at radius 3 is 2.28 bits per heavy atom. The Balaban J connectivity index is 0.808. The summed E-state index contributed by atoms with van der Waals surface area (Å²) in [5, 5.41) is 9.53. The highest BCUT2D eigenvalue weighted by atomic mass is 16.1. The van der Waals surface area contributed by atoms with Gasteiger partial charge in [0.2, 0.25) is 0 Å². The van der Waals surface area contributed by atoms with Crippen molar-refractivity contribution in [1.82, 2.24) is 24.9 Å². The number of aromatic nitrogens is 2. The number of carbonyl (C=O) groups excluding carboxylic acids is 2. The van der Waals surface area contributed by atoms with E-state index in [1.54, 1.807) is 0 Å². The van der Waals surface area contributed by atoms with Crippen LogP contribution in [-0.4, -0.2) is 64.0 Å². The fraction of sp³-hybridized carbons (Fsp3) is 0.580. The smallest absolute Gasteiger partial charge is 0.163 e. The first kappa shape index (κ1) is 38.7. The van der Waals surface area contributed by atoms with Crippen LogP contribution in [0.4, 0.5) is 0 Å². The van der Waals surface area contributed by atoms with Gasteiger partial charge >= 0.3 is 0 Å². The SMILES string of the molecule is C=C(NCN1CCN(Cc2ccc(-c3cc(C(=O)CCC4=C(C)C=C(C)CC4=O)c4cnn(C5CCCC5)c4c3)cc2)CC1)C(C)CC1C2CC3CC(C2)CC1C3. The van der Waals surface area contributed by atoms with Crippen molar-refractivity contribution in [2.24, 2.45) is 35.5 Å². The third-order valence-corrected chi connectivity index (χ3v) is 15.3. The molecule has 2 aromatic carbocycles. The second kappa shape index (κ2) is 16.4. The molecule has 4 bridgehead atoms. The maximum Gasteiger partial charge on any atom is 0.163 e. The van der Waals surface area contributed by atoms with Crippen LogP contribution >= 0.6 is 0 Å². The molecule has 5 saturated carbocycles. The van der Waals surface area contributed by atoms with Gasteiger partial charge in [0.05, 0.1) is 24.4 Å². The molecule has 6 aliphatic carbocycles. The van der Waals surface area contributed by atoms with Gasteiger partial charge in [-0.05, 0) is 147 Å². The van der Waals surface area contributed by atoms with E-state index in [1.165, 1.54) is 62.6 Å². The molecule has 7 nitrogen and oxygen atoms in total. The minimum atomic E-state index is 0.0783. The number of fused-ring (bicyclic) bond motifs is 1. The van der Waals surface area contributed by atoms with Gasteiger partial charge in [-0.2, -0.15) is 5.10 Å². The lowest BCUT2D eigenvalue weighted by Crippen LogP contribution is -2.49. The van der Waals surface area contributed by atoms with Gasteiger partial charge < -0.3 is 5.32 Å². The zero-order chi connectivity index (χ0) is 39.2. The van der Waals surface area contributed by atoms with Crippen LogP contribution in [0.1, 0.15) is 126 Å². The van der Waals surface area contributed by atoms with E-state index in [4.69, 9.17) is 5.10 Å². The Morgan fingerprint density at radius 1 is 0.912 bits per heavy atom. The Hall–Kier alpha value is -3.81. The number of nitrogens with zero attached hydrogens (tertiary/aromatic N) is 4. The molecule has 1 aromatic heterocycles. The molecule has 1 atom stereocenters. The number of nitrogens with one attached hydrogen (secondary N) is 1. The zero-order valence-corrected chi connectivity index (χ0v) is 34.9. The monoisotopic (exact) mass is 768 g/mol. The average Bonchev–Trinajstić information content (AvgIpc) is 3.89. The number of benzene rings is 2. The molecule has 2 heterocycles. The molecular formula is C50H65N5O2. The van der Waals surface area contributed by atoms with Gasteiger partial charge in [-0.1, -0.05) is 62.3 Å². The van der Waals surface area contributed by atoms with E-state index < -0.39 is 0 Å². The number of hydrogen-bond acceptors (Lipinski definition) is 6. The van der Waals surface area contributed by atoms with Crippen LogP contribution in [0.3, 0.4) is 0 Å². The van der Waals surface area contributed by atoms with Crippen LogP contribution in [0.2, 0.25) is 0 Å². The number of allylic oxidation sites excluding steroid dienone is 5. The molecule has 302 valence electrons.